The Morgan fingerprint density at radius 2 is 1.62 bits per heavy atom. The Morgan fingerprint density at radius 1 is 1.09 bits per heavy atom. The zero-order valence-corrected chi connectivity index (χ0v) is 20.1. The summed E-state index contributed by atoms with van der Waals surface area (Å²) in [6.07, 6.45) is -0.186. The molecule has 0 spiro atoms. The quantitative estimate of drug-likeness (QED) is 0.377. The van der Waals surface area contributed by atoms with Gasteiger partial charge in [0.25, 0.3) is 0 Å². The Bertz CT molecular complexity index is 964. The van der Waals surface area contributed by atoms with Crippen LogP contribution in [-0.2, 0) is 0 Å². The van der Waals surface area contributed by atoms with E-state index in [2.05, 4.69) is 19.2 Å². The molecule has 3 rings (SSSR count). The standard InChI is InChI=1S/C23H28Cl2N4O3/c1-15(2)13-14-27-22(31)28(19-11-7-17(25)8-12-19)20(23(27,3)4)29(32)21(30)26-18-9-5-16(24)6-10-18/h5-12,15,20,32H,13-14H2,1-4H3,(H,26,30). The van der Waals surface area contributed by atoms with Crippen LogP contribution in [0.4, 0.5) is 21.0 Å². The third-order valence-electron chi connectivity index (χ3n) is 5.58. The average Bonchev–Trinajstić information content (AvgIpc) is 2.93. The summed E-state index contributed by atoms with van der Waals surface area (Å²) in [6, 6.07) is 12.2. The van der Waals surface area contributed by atoms with E-state index in [4.69, 9.17) is 23.2 Å². The fraction of sp³-hybridized carbons (Fsp3) is 0.391. The first-order valence-electron chi connectivity index (χ1n) is 10.4. The lowest BCUT2D eigenvalue weighted by Crippen LogP contribution is -2.58. The van der Waals surface area contributed by atoms with Crippen LogP contribution >= 0.6 is 23.2 Å². The number of nitrogens with zero attached hydrogens (tertiary/aromatic N) is 3. The maximum Gasteiger partial charge on any atom is 0.347 e. The van der Waals surface area contributed by atoms with Crippen molar-refractivity contribution < 1.29 is 14.8 Å². The fourth-order valence-electron chi connectivity index (χ4n) is 3.79. The molecule has 2 N–H and O–H groups in total. The number of carbonyl (C=O) groups is 2. The highest BCUT2D eigenvalue weighted by molar-refractivity contribution is 6.31. The molecular formula is C23H28Cl2N4O3. The summed E-state index contributed by atoms with van der Waals surface area (Å²) in [7, 11) is 0. The molecule has 0 bridgehead atoms. The van der Waals surface area contributed by atoms with Crippen molar-refractivity contribution in [1.82, 2.24) is 9.96 Å². The number of urea groups is 2. The summed E-state index contributed by atoms with van der Waals surface area (Å²) in [4.78, 5) is 29.6. The molecule has 9 heteroatoms. The first kappa shape index (κ1) is 24.2. The molecule has 4 amide bonds. The molecule has 7 nitrogen and oxygen atoms in total. The van der Waals surface area contributed by atoms with Crippen LogP contribution < -0.4 is 10.2 Å². The monoisotopic (exact) mass is 478 g/mol. The predicted molar refractivity (Wildman–Crippen MR) is 127 cm³/mol. The van der Waals surface area contributed by atoms with Gasteiger partial charge >= 0.3 is 12.1 Å². The summed E-state index contributed by atoms with van der Waals surface area (Å²) >= 11 is 11.9. The van der Waals surface area contributed by atoms with Crippen molar-refractivity contribution in [3.8, 4) is 0 Å². The Balaban J connectivity index is 1.95. The molecule has 2 aromatic carbocycles. The zero-order chi connectivity index (χ0) is 23.6. The van der Waals surface area contributed by atoms with Crippen LogP contribution in [0.25, 0.3) is 0 Å². The number of benzene rings is 2. The van der Waals surface area contributed by atoms with Gasteiger partial charge in [0.2, 0.25) is 0 Å². The highest BCUT2D eigenvalue weighted by atomic mass is 35.5. The topological polar surface area (TPSA) is 76.1 Å². The first-order valence-corrected chi connectivity index (χ1v) is 11.2. The van der Waals surface area contributed by atoms with Gasteiger partial charge in [-0.15, -0.1) is 0 Å². The third kappa shape index (κ3) is 4.95. The van der Waals surface area contributed by atoms with E-state index in [9.17, 15) is 14.8 Å². The lowest BCUT2D eigenvalue weighted by Gasteiger charge is -2.38. The van der Waals surface area contributed by atoms with Gasteiger partial charge in [-0.05, 0) is 74.7 Å². The number of hydrogen-bond donors (Lipinski definition) is 2. The molecule has 1 aliphatic heterocycles. The summed E-state index contributed by atoms with van der Waals surface area (Å²) < 4.78 is 0. The molecule has 0 saturated carbocycles. The van der Waals surface area contributed by atoms with Crippen molar-refractivity contribution >= 4 is 46.6 Å². The van der Waals surface area contributed by atoms with Gasteiger partial charge in [-0.25, -0.2) is 9.59 Å². The number of halogens is 2. The number of hydrogen-bond acceptors (Lipinski definition) is 3. The van der Waals surface area contributed by atoms with Gasteiger partial charge < -0.3 is 10.2 Å². The highest BCUT2D eigenvalue weighted by Crippen LogP contribution is 2.38. The van der Waals surface area contributed by atoms with Crippen LogP contribution in [0.2, 0.25) is 10.0 Å². The van der Waals surface area contributed by atoms with Gasteiger partial charge in [0.15, 0.2) is 6.17 Å². The SMILES string of the molecule is CC(C)CCN1C(=O)N(c2ccc(Cl)cc2)C(N(O)C(=O)Nc2ccc(Cl)cc2)C1(C)C. The molecule has 1 saturated heterocycles. The van der Waals surface area contributed by atoms with Crippen LogP contribution in [-0.4, -0.2) is 45.5 Å². The van der Waals surface area contributed by atoms with Crippen molar-refractivity contribution in [2.75, 3.05) is 16.8 Å². The van der Waals surface area contributed by atoms with E-state index < -0.39 is 17.7 Å². The van der Waals surface area contributed by atoms with Crippen molar-refractivity contribution in [2.45, 2.75) is 45.8 Å². The molecular weight excluding hydrogens is 451 g/mol. The van der Waals surface area contributed by atoms with Gasteiger partial charge in [0, 0.05) is 28.0 Å². The van der Waals surface area contributed by atoms with Crippen LogP contribution in [0, 0.1) is 5.92 Å². The Morgan fingerprint density at radius 3 is 2.16 bits per heavy atom. The van der Waals surface area contributed by atoms with Gasteiger partial charge in [-0.2, -0.15) is 5.06 Å². The van der Waals surface area contributed by atoms with Gasteiger partial charge in [-0.1, -0.05) is 37.0 Å². The lowest BCUT2D eigenvalue weighted by molar-refractivity contribution is -0.0950. The van der Waals surface area contributed by atoms with Crippen LogP contribution in [0.1, 0.15) is 34.1 Å². The Kier molecular flexibility index (Phi) is 7.22. The maximum atomic E-state index is 13.5. The molecule has 32 heavy (non-hydrogen) atoms. The highest BCUT2D eigenvalue weighted by Gasteiger charge is 2.55. The molecule has 0 radical (unpaired) electrons. The number of amides is 4. The summed E-state index contributed by atoms with van der Waals surface area (Å²) in [5.41, 5.74) is 0.121. The van der Waals surface area contributed by atoms with Crippen LogP contribution in [0.5, 0.6) is 0 Å². The van der Waals surface area contributed by atoms with E-state index in [0.717, 1.165) is 6.42 Å². The molecule has 1 heterocycles. The number of carbonyl (C=O) groups excluding carboxylic acids is 2. The van der Waals surface area contributed by atoms with Crippen molar-refractivity contribution in [3.05, 3.63) is 58.6 Å². The molecule has 0 aromatic heterocycles. The van der Waals surface area contributed by atoms with E-state index >= 15 is 0 Å². The molecule has 0 aliphatic carbocycles. The first-order chi connectivity index (χ1) is 15.0. The smallest absolute Gasteiger partial charge is 0.315 e. The van der Waals surface area contributed by atoms with E-state index in [-0.39, 0.29) is 6.03 Å². The minimum absolute atomic E-state index is 0.290. The molecule has 1 unspecified atom stereocenters. The Labute approximate surface area is 198 Å². The normalized spacial score (nSPS) is 17.8. The fourth-order valence-corrected chi connectivity index (χ4v) is 4.05. The van der Waals surface area contributed by atoms with E-state index in [1.807, 2.05) is 13.8 Å². The second kappa shape index (κ2) is 9.57. The number of nitrogens with one attached hydrogen (secondary N) is 1. The van der Waals surface area contributed by atoms with E-state index in [1.165, 1.54) is 4.90 Å². The van der Waals surface area contributed by atoms with E-state index in [0.29, 0.717) is 38.9 Å². The van der Waals surface area contributed by atoms with Crippen molar-refractivity contribution in [2.24, 2.45) is 5.92 Å². The van der Waals surface area contributed by atoms with Gasteiger partial charge in [-0.3, -0.25) is 10.1 Å². The van der Waals surface area contributed by atoms with Crippen LogP contribution in [0.15, 0.2) is 48.5 Å². The van der Waals surface area contributed by atoms with E-state index in [1.54, 1.807) is 53.4 Å². The van der Waals surface area contributed by atoms with Crippen molar-refractivity contribution in [3.63, 3.8) is 0 Å². The zero-order valence-electron chi connectivity index (χ0n) is 18.5. The third-order valence-corrected chi connectivity index (χ3v) is 6.08. The molecule has 172 valence electrons. The minimum Gasteiger partial charge on any atom is -0.315 e. The summed E-state index contributed by atoms with van der Waals surface area (Å²) in [5.74, 6) is 0.389. The predicted octanol–water partition coefficient (Wildman–Crippen LogP) is 6.31. The second-order valence-corrected chi connectivity index (χ2v) is 9.64. The largest absolute Gasteiger partial charge is 0.347 e. The average molecular weight is 479 g/mol. The number of rotatable bonds is 6. The second-order valence-electron chi connectivity index (χ2n) is 8.77. The number of anilines is 2. The molecule has 2 aromatic rings. The molecule has 1 atom stereocenters. The lowest BCUT2D eigenvalue weighted by atomic mass is 9.98. The molecule has 1 fully saturated rings. The van der Waals surface area contributed by atoms with Crippen LogP contribution in [0.3, 0.4) is 0 Å². The molecule has 1 aliphatic rings. The summed E-state index contributed by atoms with van der Waals surface area (Å²) in [6.45, 7) is 8.34. The van der Waals surface area contributed by atoms with Gasteiger partial charge in [0.05, 0.1) is 5.54 Å². The van der Waals surface area contributed by atoms with Crippen molar-refractivity contribution in [1.29, 1.82) is 0 Å². The summed E-state index contributed by atoms with van der Waals surface area (Å²) in [5, 5.41) is 15.3. The van der Waals surface area contributed by atoms with Gasteiger partial charge in [0.1, 0.15) is 0 Å². The minimum atomic E-state index is -0.976. The Hall–Kier alpha value is -2.48. The number of hydroxylamine groups is 2. The maximum absolute atomic E-state index is 13.5.